The molecule has 0 aliphatic carbocycles. The standard InChI is InChI=1S/C9H15ClNO5S/c1-17-9-7(14)6(13)5(12)4(16-9)2-3(10)8(11)15/h2-7,9,12-14H,1H3,(H2,11,15)/t3?,4?,5?,6?,7?,9-/m1/s1. The fourth-order valence-electron chi connectivity index (χ4n) is 1.49. The number of thioether (sulfide) groups is 1. The smallest absolute Gasteiger partial charge is 0.235 e. The Morgan fingerprint density at radius 2 is 2.00 bits per heavy atom. The number of hydrogen-bond acceptors (Lipinski definition) is 6. The summed E-state index contributed by atoms with van der Waals surface area (Å²) in [4.78, 5) is 10.8. The second-order valence-electron chi connectivity index (χ2n) is 3.67. The van der Waals surface area contributed by atoms with Gasteiger partial charge < -0.3 is 25.8 Å². The molecular formula is C9H15ClNO5S. The van der Waals surface area contributed by atoms with Crippen molar-refractivity contribution in [3.63, 3.8) is 0 Å². The topological polar surface area (TPSA) is 113 Å². The van der Waals surface area contributed by atoms with Crippen LogP contribution in [0.1, 0.15) is 0 Å². The minimum atomic E-state index is -1.36. The zero-order chi connectivity index (χ0) is 13.2. The van der Waals surface area contributed by atoms with Gasteiger partial charge in [-0.3, -0.25) is 4.79 Å². The third kappa shape index (κ3) is 3.46. The van der Waals surface area contributed by atoms with Crippen LogP contribution in [0.25, 0.3) is 0 Å². The first-order valence-electron chi connectivity index (χ1n) is 4.89. The molecule has 0 bridgehead atoms. The Bertz CT molecular complexity index is 280. The summed E-state index contributed by atoms with van der Waals surface area (Å²) in [5, 5.41) is 27.7. The summed E-state index contributed by atoms with van der Waals surface area (Å²) in [5.74, 6) is -0.774. The SMILES string of the molecule is CS[C@H]1OC([CH]C(Cl)C(N)=O)C(O)C(O)C1O. The Labute approximate surface area is 108 Å². The van der Waals surface area contributed by atoms with Crippen molar-refractivity contribution < 1.29 is 24.9 Å². The highest BCUT2D eigenvalue weighted by molar-refractivity contribution is 7.99. The zero-order valence-electron chi connectivity index (χ0n) is 9.06. The van der Waals surface area contributed by atoms with E-state index in [4.69, 9.17) is 22.1 Å². The molecule has 99 valence electrons. The highest BCUT2D eigenvalue weighted by Crippen LogP contribution is 2.29. The van der Waals surface area contributed by atoms with Gasteiger partial charge in [-0.15, -0.1) is 23.4 Å². The number of hydrogen-bond donors (Lipinski definition) is 4. The highest BCUT2D eigenvalue weighted by Gasteiger charge is 2.44. The maximum Gasteiger partial charge on any atom is 0.235 e. The third-order valence-corrected chi connectivity index (χ3v) is 3.68. The predicted molar refractivity (Wildman–Crippen MR) is 63.3 cm³/mol. The highest BCUT2D eigenvalue weighted by atomic mass is 35.5. The van der Waals surface area contributed by atoms with Gasteiger partial charge in [0, 0.05) is 6.42 Å². The molecule has 6 atom stereocenters. The minimum Gasteiger partial charge on any atom is -0.388 e. The molecule has 5 N–H and O–H groups in total. The Balaban J connectivity index is 2.68. The molecule has 1 fully saturated rings. The average molecular weight is 285 g/mol. The van der Waals surface area contributed by atoms with Crippen LogP contribution < -0.4 is 5.73 Å². The van der Waals surface area contributed by atoms with E-state index in [0.717, 1.165) is 0 Å². The number of amides is 1. The van der Waals surface area contributed by atoms with E-state index in [1.807, 2.05) is 0 Å². The molecule has 17 heavy (non-hydrogen) atoms. The van der Waals surface area contributed by atoms with Gasteiger partial charge in [0.1, 0.15) is 29.1 Å². The molecule has 0 saturated carbocycles. The average Bonchev–Trinajstić information content (AvgIpc) is 2.29. The summed E-state index contributed by atoms with van der Waals surface area (Å²) < 4.78 is 5.31. The summed E-state index contributed by atoms with van der Waals surface area (Å²) in [7, 11) is 0. The van der Waals surface area contributed by atoms with Crippen LogP contribution in [0.15, 0.2) is 0 Å². The lowest BCUT2D eigenvalue weighted by atomic mass is 9.96. The number of carbonyl (C=O) groups is 1. The molecule has 1 amide bonds. The molecule has 1 aliphatic rings. The number of primary amides is 1. The fraction of sp³-hybridized carbons (Fsp3) is 0.778. The van der Waals surface area contributed by atoms with E-state index < -0.39 is 41.1 Å². The number of ether oxygens (including phenoxy) is 1. The first-order valence-corrected chi connectivity index (χ1v) is 6.61. The predicted octanol–water partition coefficient (Wildman–Crippen LogP) is -1.55. The second-order valence-corrected chi connectivity index (χ2v) is 5.08. The molecule has 1 rings (SSSR count). The number of alkyl halides is 1. The zero-order valence-corrected chi connectivity index (χ0v) is 10.6. The Morgan fingerprint density at radius 3 is 2.47 bits per heavy atom. The molecule has 1 saturated heterocycles. The second kappa shape index (κ2) is 6.21. The molecule has 0 aromatic heterocycles. The first kappa shape index (κ1) is 15.0. The molecule has 0 aromatic rings. The molecule has 1 aliphatic heterocycles. The lowest BCUT2D eigenvalue weighted by molar-refractivity contribution is -0.188. The van der Waals surface area contributed by atoms with Crippen molar-refractivity contribution in [3.05, 3.63) is 6.42 Å². The van der Waals surface area contributed by atoms with Gasteiger partial charge in [-0.2, -0.15) is 0 Å². The van der Waals surface area contributed by atoms with E-state index in [-0.39, 0.29) is 0 Å². The van der Waals surface area contributed by atoms with E-state index in [2.05, 4.69) is 0 Å². The summed E-state index contributed by atoms with van der Waals surface area (Å²) in [6.07, 6.45) is -1.99. The van der Waals surface area contributed by atoms with Crippen molar-refractivity contribution in [2.75, 3.05) is 6.26 Å². The molecule has 1 radical (unpaired) electrons. The van der Waals surface area contributed by atoms with Crippen LogP contribution in [-0.4, -0.2) is 62.7 Å². The lowest BCUT2D eigenvalue weighted by Crippen LogP contribution is -2.57. The van der Waals surface area contributed by atoms with Crippen LogP contribution in [0.3, 0.4) is 0 Å². The summed E-state index contributed by atoms with van der Waals surface area (Å²) in [5.41, 5.74) is 4.27. The number of nitrogens with two attached hydrogens (primary N) is 1. The van der Waals surface area contributed by atoms with Gasteiger partial charge in [0.25, 0.3) is 0 Å². The van der Waals surface area contributed by atoms with E-state index in [1.165, 1.54) is 18.2 Å². The largest absolute Gasteiger partial charge is 0.388 e. The molecule has 8 heteroatoms. The van der Waals surface area contributed by atoms with Gasteiger partial charge in [0.15, 0.2) is 0 Å². The number of rotatable bonds is 4. The maximum atomic E-state index is 10.8. The molecular weight excluding hydrogens is 270 g/mol. The number of aliphatic hydroxyl groups excluding tert-OH is 3. The van der Waals surface area contributed by atoms with Gasteiger partial charge in [-0.25, -0.2) is 0 Å². The normalized spacial score (nSPS) is 39.9. The van der Waals surface area contributed by atoms with Crippen LogP contribution in [0.4, 0.5) is 0 Å². The molecule has 5 unspecified atom stereocenters. The van der Waals surface area contributed by atoms with Crippen molar-refractivity contribution in [2.45, 2.75) is 35.2 Å². The van der Waals surface area contributed by atoms with Crippen molar-refractivity contribution in [3.8, 4) is 0 Å². The van der Waals surface area contributed by atoms with E-state index in [9.17, 15) is 20.1 Å². The Morgan fingerprint density at radius 1 is 1.41 bits per heavy atom. The van der Waals surface area contributed by atoms with Gasteiger partial charge in [0.2, 0.25) is 5.91 Å². The van der Waals surface area contributed by atoms with E-state index >= 15 is 0 Å². The van der Waals surface area contributed by atoms with Gasteiger partial charge in [-0.05, 0) is 6.26 Å². The van der Waals surface area contributed by atoms with Crippen LogP contribution in [-0.2, 0) is 9.53 Å². The van der Waals surface area contributed by atoms with Crippen molar-refractivity contribution in [1.29, 1.82) is 0 Å². The fourth-order valence-corrected chi connectivity index (χ4v) is 2.31. The number of halogens is 1. The Hall–Kier alpha value is -0.0500. The Kier molecular flexibility index (Phi) is 5.49. The monoisotopic (exact) mass is 284 g/mol. The number of carbonyl (C=O) groups excluding carboxylic acids is 1. The maximum absolute atomic E-state index is 10.8. The third-order valence-electron chi connectivity index (χ3n) is 2.47. The van der Waals surface area contributed by atoms with Crippen LogP contribution in [0, 0.1) is 6.42 Å². The van der Waals surface area contributed by atoms with E-state index in [0.29, 0.717) is 0 Å². The van der Waals surface area contributed by atoms with Crippen LogP contribution in [0.2, 0.25) is 0 Å². The van der Waals surface area contributed by atoms with Gasteiger partial charge in [-0.1, -0.05) is 0 Å². The van der Waals surface area contributed by atoms with Gasteiger partial charge in [0.05, 0.1) is 6.10 Å². The summed E-state index contributed by atoms with van der Waals surface area (Å²) in [6.45, 7) is 0. The van der Waals surface area contributed by atoms with Crippen molar-refractivity contribution >= 4 is 29.3 Å². The van der Waals surface area contributed by atoms with Crippen molar-refractivity contribution in [1.82, 2.24) is 0 Å². The molecule has 0 aromatic carbocycles. The minimum absolute atomic E-state index is 0.702. The van der Waals surface area contributed by atoms with E-state index in [1.54, 1.807) is 6.26 Å². The van der Waals surface area contributed by atoms with Crippen molar-refractivity contribution in [2.24, 2.45) is 5.73 Å². The molecule has 0 spiro atoms. The summed E-state index contributed by atoms with van der Waals surface area (Å²) >= 11 is 6.79. The van der Waals surface area contributed by atoms with Crippen LogP contribution >= 0.6 is 23.4 Å². The summed E-state index contributed by atoms with van der Waals surface area (Å²) in [6, 6.07) is 0. The first-order chi connectivity index (χ1) is 7.88. The van der Waals surface area contributed by atoms with Crippen LogP contribution in [0.5, 0.6) is 0 Å². The molecule has 6 nitrogen and oxygen atoms in total. The quantitative estimate of drug-likeness (QED) is 0.465. The van der Waals surface area contributed by atoms with Gasteiger partial charge >= 0.3 is 0 Å². The number of aliphatic hydroxyl groups is 3. The lowest BCUT2D eigenvalue weighted by Gasteiger charge is -2.40. The molecule has 1 heterocycles.